The largest absolute Gasteiger partial charge is 0.316 e. The number of benzene rings is 1. The molecule has 0 aliphatic carbocycles. The lowest BCUT2D eigenvalue weighted by Crippen LogP contribution is -2.40. The van der Waals surface area contributed by atoms with E-state index in [2.05, 4.69) is 52.1 Å². The van der Waals surface area contributed by atoms with E-state index in [0.717, 1.165) is 28.5 Å². The van der Waals surface area contributed by atoms with E-state index in [9.17, 15) is 0 Å². The van der Waals surface area contributed by atoms with E-state index in [1.807, 2.05) is 6.07 Å². The van der Waals surface area contributed by atoms with E-state index in [1.165, 1.54) is 31.5 Å². The summed E-state index contributed by atoms with van der Waals surface area (Å²) in [6, 6.07) is 6.80. The Kier molecular flexibility index (Phi) is 6.34. The van der Waals surface area contributed by atoms with Crippen LogP contribution in [-0.4, -0.2) is 30.6 Å². The molecule has 1 atom stereocenters. The van der Waals surface area contributed by atoms with Crippen molar-refractivity contribution in [1.82, 2.24) is 10.2 Å². The summed E-state index contributed by atoms with van der Waals surface area (Å²) in [7, 11) is 0. The zero-order chi connectivity index (χ0) is 14.5. The predicted molar refractivity (Wildman–Crippen MR) is 90.3 cm³/mol. The van der Waals surface area contributed by atoms with Gasteiger partial charge in [0.1, 0.15) is 0 Å². The van der Waals surface area contributed by atoms with Gasteiger partial charge >= 0.3 is 0 Å². The molecule has 0 saturated carbocycles. The lowest BCUT2D eigenvalue weighted by atomic mass is 9.98. The minimum atomic E-state index is 0.561. The van der Waals surface area contributed by atoms with Crippen LogP contribution >= 0.6 is 27.5 Å². The SMILES string of the molecule is CC(C)N(Cc1ccc(Cl)c(Br)c1)CC1CCCNC1. The first-order valence-electron chi connectivity index (χ1n) is 7.45. The molecule has 20 heavy (non-hydrogen) atoms. The van der Waals surface area contributed by atoms with Crippen molar-refractivity contribution in [3.05, 3.63) is 33.3 Å². The number of nitrogens with zero attached hydrogens (tertiary/aromatic N) is 1. The zero-order valence-corrected chi connectivity index (χ0v) is 14.7. The van der Waals surface area contributed by atoms with E-state index in [4.69, 9.17) is 11.6 Å². The molecule has 1 aliphatic heterocycles. The quantitative estimate of drug-likeness (QED) is 0.842. The first-order chi connectivity index (χ1) is 9.56. The van der Waals surface area contributed by atoms with Gasteiger partial charge in [0.15, 0.2) is 0 Å². The van der Waals surface area contributed by atoms with Crippen molar-refractivity contribution in [2.45, 2.75) is 39.3 Å². The number of halogens is 2. The van der Waals surface area contributed by atoms with E-state index in [0.29, 0.717) is 6.04 Å². The van der Waals surface area contributed by atoms with Gasteiger partial charge in [-0.1, -0.05) is 17.7 Å². The highest BCUT2D eigenvalue weighted by atomic mass is 79.9. The van der Waals surface area contributed by atoms with Gasteiger partial charge in [0.05, 0.1) is 5.02 Å². The van der Waals surface area contributed by atoms with Crippen molar-refractivity contribution in [2.24, 2.45) is 5.92 Å². The standard InChI is InChI=1S/C16H24BrClN2/c1-12(2)20(11-14-4-3-7-19-9-14)10-13-5-6-16(18)15(17)8-13/h5-6,8,12,14,19H,3-4,7,9-11H2,1-2H3. The van der Waals surface area contributed by atoms with Crippen LogP contribution in [0.15, 0.2) is 22.7 Å². The molecule has 1 unspecified atom stereocenters. The number of piperidine rings is 1. The minimum Gasteiger partial charge on any atom is -0.316 e. The van der Waals surface area contributed by atoms with Crippen LogP contribution in [0.4, 0.5) is 0 Å². The van der Waals surface area contributed by atoms with Crippen LogP contribution in [-0.2, 0) is 6.54 Å². The highest BCUT2D eigenvalue weighted by Gasteiger charge is 2.19. The van der Waals surface area contributed by atoms with Gasteiger partial charge in [-0.15, -0.1) is 0 Å². The van der Waals surface area contributed by atoms with Crippen molar-refractivity contribution in [3.8, 4) is 0 Å². The van der Waals surface area contributed by atoms with Crippen molar-refractivity contribution in [2.75, 3.05) is 19.6 Å². The summed E-state index contributed by atoms with van der Waals surface area (Å²) in [5.74, 6) is 0.780. The lowest BCUT2D eigenvalue weighted by Gasteiger charge is -2.33. The zero-order valence-electron chi connectivity index (χ0n) is 12.3. The molecule has 2 nitrogen and oxygen atoms in total. The van der Waals surface area contributed by atoms with Crippen LogP contribution < -0.4 is 5.32 Å². The first kappa shape index (κ1) is 16.3. The highest BCUT2D eigenvalue weighted by molar-refractivity contribution is 9.10. The molecular weight excluding hydrogens is 336 g/mol. The van der Waals surface area contributed by atoms with Crippen molar-refractivity contribution in [3.63, 3.8) is 0 Å². The third-order valence-corrected chi connectivity index (χ3v) is 5.21. The highest BCUT2D eigenvalue weighted by Crippen LogP contribution is 2.24. The molecule has 2 rings (SSSR count). The maximum atomic E-state index is 6.07. The maximum absolute atomic E-state index is 6.07. The van der Waals surface area contributed by atoms with E-state index >= 15 is 0 Å². The number of rotatable bonds is 5. The molecule has 112 valence electrons. The summed E-state index contributed by atoms with van der Waals surface area (Å²) in [6.07, 6.45) is 2.66. The van der Waals surface area contributed by atoms with E-state index < -0.39 is 0 Å². The first-order valence-corrected chi connectivity index (χ1v) is 8.62. The normalized spacial score (nSPS) is 19.8. The number of hydrogen-bond donors (Lipinski definition) is 1. The molecule has 0 radical (unpaired) electrons. The van der Waals surface area contributed by atoms with Crippen LogP contribution in [0.1, 0.15) is 32.3 Å². The average molecular weight is 360 g/mol. The summed E-state index contributed by atoms with van der Waals surface area (Å²) in [5, 5.41) is 4.29. The lowest BCUT2D eigenvalue weighted by molar-refractivity contribution is 0.164. The number of hydrogen-bond acceptors (Lipinski definition) is 2. The van der Waals surface area contributed by atoms with Crippen molar-refractivity contribution >= 4 is 27.5 Å². The van der Waals surface area contributed by atoms with Gasteiger partial charge in [0.2, 0.25) is 0 Å². The Hall–Kier alpha value is -0.0900. The van der Waals surface area contributed by atoms with Crippen LogP contribution in [0.25, 0.3) is 0 Å². The van der Waals surface area contributed by atoms with Crippen LogP contribution in [0.2, 0.25) is 5.02 Å². The monoisotopic (exact) mass is 358 g/mol. The molecule has 1 aromatic rings. The fourth-order valence-electron chi connectivity index (χ4n) is 2.74. The summed E-state index contributed by atoms with van der Waals surface area (Å²) < 4.78 is 0.986. The molecule has 0 spiro atoms. The second kappa shape index (κ2) is 7.79. The van der Waals surface area contributed by atoms with E-state index in [1.54, 1.807) is 0 Å². The summed E-state index contributed by atoms with van der Waals surface area (Å²) in [6.45, 7) is 9.06. The van der Waals surface area contributed by atoms with Gasteiger partial charge in [-0.2, -0.15) is 0 Å². The molecule has 1 aromatic carbocycles. The Morgan fingerprint density at radius 3 is 2.85 bits per heavy atom. The topological polar surface area (TPSA) is 15.3 Å². The third-order valence-electron chi connectivity index (χ3n) is 3.99. The van der Waals surface area contributed by atoms with Gasteiger partial charge < -0.3 is 5.32 Å². The molecule has 0 aromatic heterocycles. The smallest absolute Gasteiger partial charge is 0.0548 e. The second-order valence-electron chi connectivity index (χ2n) is 5.98. The van der Waals surface area contributed by atoms with Gasteiger partial charge in [0, 0.05) is 23.6 Å². The summed E-state index contributed by atoms with van der Waals surface area (Å²) >= 11 is 9.58. The van der Waals surface area contributed by atoms with Gasteiger partial charge in [-0.25, -0.2) is 0 Å². The number of nitrogens with one attached hydrogen (secondary N) is 1. The second-order valence-corrected chi connectivity index (χ2v) is 7.25. The van der Waals surface area contributed by atoms with Crippen LogP contribution in [0, 0.1) is 5.92 Å². The van der Waals surface area contributed by atoms with Crippen LogP contribution in [0.5, 0.6) is 0 Å². The molecule has 4 heteroatoms. The Bertz CT molecular complexity index is 430. The fourth-order valence-corrected chi connectivity index (χ4v) is 3.29. The molecule has 1 fully saturated rings. The van der Waals surface area contributed by atoms with Gasteiger partial charge in [0.25, 0.3) is 0 Å². The average Bonchev–Trinajstić information content (AvgIpc) is 2.43. The van der Waals surface area contributed by atoms with Crippen LogP contribution in [0.3, 0.4) is 0 Å². The van der Waals surface area contributed by atoms with E-state index in [-0.39, 0.29) is 0 Å². The Balaban J connectivity index is 1.99. The Labute approximate surface area is 136 Å². The molecule has 0 amide bonds. The van der Waals surface area contributed by atoms with Gasteiger partial charge in [-0.3, -0.25) is 4.90 Å². The van der Waals surface area contributed by atoms with Gasteiger partial charge in [-0.05, 0) is 79.3 Å². The Morgan fingerprint density at radius 1 is 1.45 bits per heavy atom. The fraction of sp³-hybridized carbons (Fsp3) is 0.625. The van der Waals surface area contributed by atoms with Crippen molar-refractivity contribution < 1.29 is 0 Å². The maximum Gasteiger partial charge on any atom is 0.0548 e. The Morgan fingerprint density at radius 2 is 2.25 bits per heavy atom. The molecule has 0 bridgehead atoms. The molecule has 1 heterocycles. The molecule has 1 saturated heterocycles. The molecule has 1 N–H and O–H groups in total. The third kappa shape index (κ3) is 4.73. The summed E-state index contributed by atoms with van der Waals surface area (Å²) in [5.41, 5.74) is 1.32. The predicted octanol–water partition coefficient (Wildman–Crippen LogP) is 4.31. The molecular formula is C16H24BrClN2. The minimum absolute atomic E-state index is 0.561. The van der Waals surface area contributed by atoms with Crippen molar-refractivity contribution in [1.29, 1.82) is 0 Å². The summed E-state index contributed by atoms with van der Waals surface area (Å²) in [4.78, 5) is 2.56. The molecule has 1 aliphatic rings.